The van der Waals surface area contributed by atoms with Gasteiger partial charge in [0.2, 0.25) is 5.82 Å². The van der Waals surface area contributed by atoms with Crippen LogP contribution in [0.5, 0.6) is 0 Å². The standard InChI is InChI=1S/C27H29ClN6O2/c1-4-5-10-24-29-22(15-35)26(28)34(24)17-11-12-19-21(14-17)23(13-16(2)3)36-25(19)18-8-6-7-9-20(18)27-30-32-33-31-27/h6-9,11-12,14,16,35H,4-5,10,13,15H2,1-3H3,(H,30,31,32,33). The van der Waals surface area contributed by atoms with Crippen LogP contribution in [0, 0.1) is 5.92 Å². The van der Waals surface area contributed by atoms with Crippen molar-refractivity contribution in [1.82, 2.24) is 30.2 Å². The van der Waals surface area contributed by atoms with Crippen LogP contribution < -0.4 is 0 Å². The van der Waals surface area contributed by atoms with Crippen molar-refractivity contribution in [3.63, 3.8) is 0 Å². The van der Waals surface area contributed by atoms with Crippen molar-refractivity contribution >= 4 is 22.4 Å². The normalized spacial score (nSPS) is 11.7. The first kappa shape index (κ1) is 24.2. The van der Waals surface area contributed by atoms with E-state index in [-0.39, 0.29) is 6.61 Å². The van der Waals surface area contributed by atoms with E-state index in [9.17, 15) is 5.11 Å². The number of aryl methyl sites for hydroxylation is 1. The Labute approximate surface area is 214 Å². The Morgan fingerprint density at radius 2 is 1.92 bits per heavy atom. The molecule has 2 N–H and O–H groups in total. The van der Waals surface area contributed by atoms with Crippen molar-refractivity contribution in [3.05, 3.63) is 64.9 Å². The zero-order valence-electron chi connectivity index (χ0n) is 20.6. The fourth-order valence-corrected chi connectivity index (χ4v) is 4.86. The number of aromatic amines is 1. The van der Waals surface area contributed by atoms with Gasteiger partial charge in [0, 0.05) is 40.4 Å². The molecule has 3 aromatic heterocycles. The molecule has 8 nitrogen and oxygen atoms in total. The predicted octanol–water partition coefficient (Wildman–Crippen LogP) is 6.15. The second kappa shape index (κ2) is 10.2. The van der Waals surface area contributed by atoms with Gasteiger partial charge in [-0.3, -0.25) is 4.57 Å². The number of aromatic nitrogens is 6. The summed E-state index contributed by atoms with van der Waals surface area (Å²) in [4.78, 5) is 4.62. The molecule has 0 fully saturated rings. The summed E-state index contributed by atoms with van der Waals surface area (Å²) in [5.74, 6) is 3.45. The minimum atomic E-state index is -0.200. The molecule has 9 heteroatoms. The Kier molecular flexibility index (Phi) is 6.89. The molecule has 36 heavy (non-hydrogen) atoms. The van der Waals surface area contributed by atoms with Gasteiger partial charge in [0.25, 0.3) is 0 Å². The van der Waals surface area contributed by atoms with E-state index in [4.69, 9.17) is 16.0 Å². The average molecular weight is 505 g/mol. The summed E-state index contributed by atoms with van der Waals surface area (Å²) < 4.78 is 8.51. The van der Waals surface area contributed by atoms with Crippen LogP contribution in [0.2, 0.25) is 5.15 Å². The van der Waals surface area contributed by atoms with Crippen LogP contribution in [0.4, 0.5) is 0 Å². The topological polar surface area (TPSA) is 106 Å². The molecule has 0 aliphatic heterocycles. The highest BCUT2D eigenvalue weighted by molar-refractivity contribution is 6.30. The maximum absolute atomic E-state index is 9.79. The van der Waals surface area contributed by atoms with Crippen LogP contribution in [0.3, 0.4) is 0 Å². The molecule has 0 saturated carbocycles. The van der Waals surface area contributed by atoms with Crippen molar-refractivity contribution in [2.45, 2.75) is 53.1 Å². The molecule has 0 bridgehead atoms. The number of nitrogens with one attached hydrogen (secondary N) is 1. The summed E-state index contributed by atoms with van der Waals surface area (Å²) in [6.07, 6.45) is 3.59. The second-order valence-corrected chi connectivity index (χ2v) is 9.68. The lowest BCUT2D eigenvalue weighted by molar-refractivity contribution is 0.277. The third kappa shape index (κ3) is 4.42. The van der Waals surface area contributed by atoms with Gasteiger partial charge in [0.1, 0.15) is 28.2 Å². The number of H-pyrrole nitrogens is 1. The molecule has 0 spiro atoms. The molecule has 0 atom stereocenters. The number of benzene rings is 2. The van der Waals surface area contributed by atoms with Crippen LogP contribution >= 0.6 is 11.6 Å². The van der Waals surface area contributed by atoms with Crippen molar-refractivity contribution < 1.29 is 9.52 Å². The molecule has 3 heterocycles. The zero-order chi connectivity index (χ0) is 25.2. The number of aliphatic hydroxyl groups is 1. The molecular weight excluding hydrogens is 476 g/mol. The second-order valence-electron chi connectivity index (χ2n) is 9.33. The van der Waals surface area contributed by atoms with Crippen molar-refractivity contribution in [2.75, 3.05) is 0 Å². The molecule has 5 aromatic rings. The Balaban J connectivity index is 1.70. The highest BCUT2D eigenvalue weighted by atomic mass is 35.5. The predicted molar refractivity (Wildman–Crippen MR) is 140 cm³/mol. The summed E-state index contributed by atoms with van der Waals surface area (Å²) in [6.45, 7) is 6.29. The van der Waals surface area contributed by atoms with E-state index in [0.29, 0.717) is 22.6 Å². The number of unbranched alkanes of at least 4 members (excludes halogenated alkanes) is 1. The highest BCUT2D eigenvalue weighted by Gasteiger charge is 2.22. The van der Waals surface area contributed by atoms with Gasteiger partial charge in [-0.05, 0) is 35.8 Å². The number of rotatable bonds is 9. The van der Waals surface area contributed by atoms with Crippen LogP contribution in [-0.4, -0.2) is 35.3 Å². The number of furan rings is 1. The number of aliphatic hydroxyl groups excluding tert-OH is 1. The van der Waals surface area contributed by atoms with Gasteiger partial charge in [-0.1, -0.05) is 63.1 Å². The van der Waals surface area contributed by atoms with Gasteiger partial charge >= 0.3 is 0 Å². The van der Waals surface area contributed by atoms with Gasteiger partial charge in [-0.15, -0.1) is 10.2 Å². The molecular formula is C27H29ClN6O2. The minimum Gasteiger partial charge on any atom is -0.460 e. The van der Waals surface area contributed by atoms with E-state index in [2.05, 4.69) is 58.5 Å². The fraction of sp³-hybridized carbons (Fsp3) is 0.333. The zero-order valence-corrected chi connectivity index (χ0v) is 21.4. The molecule has 2 aromatic carbocycles. The summed E-state index contributed by atoms with van der Waals surface area (Å²) in [5.41, 5.74) is 3.13. The van der Waals surface area contributed by atoms with Gasteiger partial charge in [0.15, 0.2) is 0 Å². The van der Waals surface area contributed by atoms with Crippen LogP contribution in [0.25, 0.3) is 39.2 Å². The van der Waals surface area contributed by atoms with Crippen LogP contribution in [-0.2, 0) is 19.4 Å². The summed E-state index contributed by atoms with van der Waals surface area (Å²) >= 11 is 6.69. The lowest BCUT2D eigenvalue weighted by atomic mass is 10.00. The first-order valence-corrected chi connectivity index (χ1v) is 12.6. The monoisotopic (exact) mass is 504 g/mol. The molecule has 0 radical (unpaired) electrons. The number of tetrazole rings is 1. The van der Waals surface area contributed by atoms with E-state index in [1.165, 1.54) is 0 Å². The van der Waals surface area contributed by atoms with Crippen molar-refractivity contribution in [1.29, 1.82) is 0 Å². The van der Waals surface area contributed by atoms with E-state index >= 15 is 0 Å². The maximum Gasteiger partial charge on any atom is 0.205 e. The SMILES string of the molecule is CCCCc1nc(CO)c(Cl)n1-c1ccc2c(-c3ccccc3-c3nn[nH]n3)oc(CC(C)C)c2c1. The Morgan fingerprint density at radius 3 is 2.61 bits per heavy atom. The van der Waals surface area contributed by atoms with Crippen molar-refractivity contribution in [3.8, 4) is 28.4 Å². The molecule has 0 aliphatic carbocycles. The van der Waals surface area contributed by atoms with Gasteiger partial charge in [0.05, 0.1) is 6.61 Å². The number of fused-ring (bicyclic) bond motifs is 1. The Bertz CT molecular complexity index is 1490. The van der Waals surface area contributed by atoms with Gasteiger partial charge in [-0.25, -0.2) is 4.98 Å². The molecule has 0 aliphatic rings. The summed E-state index contributed by atoms with van der Waals surface area (Å²) in [6, 6.07) is 14.1. The quantitative estimate of drug-likeness (QED) is 0.249. The summed E-state index contributed by atoms with van der Waals surface area (Å²) in [7, 11) is 0. The first-order valence-electron chi connectivity index (χ1n) is 12.3. The number of hydrogen-bond acceptors (Lipinski definition) is 6. The van der Waals surface area contributed by atoms with E-state index < -0.39 is 0 Å². The minimum absolute atomic E-state index is 0.200. The molecule has 0 amide bonds. The molecule has 5 rings (SSSR count). The third-order valence-electron chi connectivity index (χ3n) is 6.24. The number of halogens is 1. The van der Waals surface area contributed by atoms with E-state index in [1.807, 2.05) is 34.9 Å². The molecule has 0 saturated heterocycles. The van der Waals surface area contributed by atoms with E-state index in [0.717, 1.165) is 70.6 Å². The lowest BCUT2D eigenvalue weighted by Crippen LogP contribution is -2.02. The largest absolute Gasteiger partial charge is 0.460 e. The summed E-state index contributed by atoms with van der Waals surface area (Å²) in [5, 5.41) is 26.9. The van der Waals surface area contributed by atoms with Crippen LogP contribution in [0.1, 0.15) is 50.9 Å². The van der Waals surface area contributed by atoms with Crippen LogP contribution in [0.15, 0.2) is 46.9 Å². The maximum atomic E-state index is 9.79. The third-order valence-corrected chi connectivity index (χ3v) is 6.63. The average Bonchev–Trinajstić information content (AvgIpc) is 3.60. The Morgan fingerprint density at radius 1 is 1.11 bits per heavy atom. The number of imidazole rings is 1. The van der Waals surface area contributed by atoms with Crippen molar-refractivity contribution in [2.24, 2.45) is 5.92 Å². The molecule has 0 unspecified atom stereocenters. The fourth-order valence-electron chi connectivity index (χ4n) is 4.57. The molecule has 186 valence electrons. The van der Waals surface area contributed by atoms with E-state index in [1.54, 1.807) is 0 Å². The first-order chi connectivity index (χ1) is 17.5. The number of hydrogen-bond donors (Lipinski definition) is 2. The van der Waals surface area contributed by atoms with Gasteiger partial charge in [-0.2, -0.15) is 5.21 Å². The number of nitrogens with zero attached hydrogens (tertiary/aromatic N) is 5. The smallest absolute Gasteiger partial charge is 0.205 e. The highest BCUT2D eigenvalue weighted by Crippen LogP contribution is 2.40. The van der Waals surface area contributed by atoms with Gasteiger partial charge < -0.3 is 9.52 Å². The lowest BCUT2D eigenvalue weighted by Gasteiger charge is -2.10. The Hall–Kier alpha value is -3.49.